The molecule has 0 aliphatic carbocycles. The molecule has 96 valence electrons. The summed E-state index contributed by atoms with van der Waals surface area (Å²) in [5, 5.41) is 8.44. The standard InChI is InChI=1S/C13H15BrClN3/c1-8(2)18-11(7-15)16-17-13(18)10-6-4-5-9(3)12(10)14/h4-6,8H,7H2,1-3H3. The van der Waals surface area contributed by atoms with E-state index >= 15 is 0 Å². The summed E-state index contributed by atoms with van der Waals surface area (Å²) in [5.74, 6) is 2.03. The Bertz CT molecular complexity index is 563. The lowest BCUT2D eigenvalue weighted by molar-refractivity contribution is 0.585. The van der Waals surface area contributed by atoms with Gasteiger partial charge in [0.1, 0.15) is 5.82 Å². The van der Waals surface area contributed by atoms with Gasteiger partial charge in [-0.3, -0.25) is 0 Å². The largest absolute Gasteiger partial charge is 0.307 e. The molecule has 0 aliphatic heterocycles. The summed E-state index contributed by atoms with van der Waals surface area (Å²) in [5.41, 5.74) is 2.23. The summed E-state index contributed by atoms with van der Waals surface area (Å²) in [4.78, 5) is 0. The Morgan fingerprint density at radius 3 is 2.67 bits per heavy atom. The highest BCUT2D eigenvalue weighted by atomic mass is 79.9. The van der Waals surface area contributed by atoms with E-state index in [1.165, 1.54) is 5.56 Å². The van der Waals surface area contributed by atoms with Gasteiger partial charge < -0.3 is 4.57 Å². The van der Waals surface area contributed by atoms with Crippen LogP contribution in [-0.2, 0) is 5.88 Å². The Morgan fingerprint density at radius 2 is 2.06 bits per heavy atom. The number of aromatic nitrogens is 3. The summed E-state index contributed by atoms with van der Waals surface area (Å²) in [7, 11) is 0. The maximum atomic E-state index is 5.91. The van der Waals surface area contributed by atoms with Crippen LogP contribution in [0.3, 0.4) is 0 Å². The molecule has 0 atom stereocenters. The summed E-state index contributed by atoms with van der Waals surface area (Å²) in [6, 6.07) is 6.40. The zero-order chi connectivity index (χ0) is 13.3. The van der Waals surface area contributed by atoms with Crippen LogP contribution in [0, 0.1) is 6.92 Å². The first-order valence-electron chi connectivity index (χ1n) is 5.81. The van der Waals surface area contributed by atoms with E-state index in [9.17, 15) is 0 Å². The van der Waals surface area contributed by atoms with Crippen LogP contribution < -0.4 is 0 Å². The highest BCUT2D eigenvalue weighted by molar-refractivity contribution is 9.10. The van der Waals surface area contributed by atoms with E-state index in [1.807, 2.05) is 12.1 Å². The highest BCUT2D eigenvalue weighted by Crippen LogP contribution is 2.31. The van der Waals surface area contributed by atoms with E-state index in [0.29, 0.717) is 5.88 Å². The molecular formula is C13H15BrClN3. The minimum Gasteiger partial charge on any atom is -0.307 e. The van der Waals surface area contributed by atoms with Crippen LogP contribution in [0.1, 0.15) is 31.3 Å². The Morgan fingerprint density at radius 1 is 1.33 bits per heavy atom. The van der Waals surface area contributed by atoms with Gasteiger partial charge in [0, 0.05) is 16.1 Å². The first-order chi connectivity index (χ1) is 8.56. The lowest BCUT2D eigenvalue weighted by atomic mass is 10.1. The van der Waals surface area contributed by atoms with Gasteiger partial charge in [-0.1, -0.05) is 18.2 Å². The van der Waals surface area contributed by atoms with Gasteiger partial charge in [-0.15, -0.1) is 21.8 Å². The van der Waals surface area contributed by atoms with Crippen LogP contribution in [0.2, 0.25) is 0 Å². The van der Waals surface area contributed by atoms with Crippen molar-refractivity contribution in [3.05, 3.63) is 34.1 Å². The zero-order valence-corrected chi connectivity index (χ0v) is 13.0. The van der Waals surface area contributed by atoms with Crippen molar-refractivity contribution in [2.45, 2.75) is 32.7 Å². The van der Waals surface area contributed by atoms with Crippen molar-refractivity contribution in [3.63, 3.8) is 0 Å². The van der Waals surface area contributed by atoms with Gasteiger partial charge in [-0.2, -0.15) is 0 Å². The molecule has 0 saturated heterocycles. The molecule has 0 aliphatic rings. The first kappa shape index (κ1) is 13.6. The molecule has 0 fully saturated rings. The van der Waals surface area contributed by atoms with Crippen molar-refractivity contribution in [2.75, 3.05) is 0 Å². The molecule has 18 heavy (non-hydrogen) atoms. The van der Waals surface area contributed by atoms with Crippen molar-refractivity contribution in [2.24, 2.45) is 0 Å². The van der Waals surface area contributed by atoms with Crippen LogP contribution in [0.4, 0.5) is 0 Å². The van der Waals surface area contributed by atoms with Crippen molar-refractivity contribution < 1.29 is 0 Å². The van der Waals surface area contributed by atoms with E-state index in [0.717, 1.165) is 21.7 Å². The molecule has 1 aromatic heterocycles. The van der Waals surface area contributed by atoms with Crippen molar-refractivity contribution in [3.8, 4) is 11.4 Å². The fourth-order valence-corrected chi connectivity index (χ4v) is 2.59. The number of rotatable bonds is 3. The molecule has 2 rings (SSSR count). The maximum Gasteiger partial charge on any atom is 0.165 e. The molecule has 2 aromatic rings. The first-order valence-corrected chi connectivity index (χ1v) is 7.14. The Hall–Kier alpha value is -0.870. The maximum absolute atomic E-state index is 5.91. The lowest BCUT2D eigenvalue weighted by Crippen LogP contribution is -2.07. The average molecular weight is 329 g/mol. The quantitative estimate of drug-likeness (QED) is 0.785. The SMILES string of the molecule is Cc1cccc(-c2nnc(CCl)n2C(C)C)c1Br. The van der Waals surface area contributed by atoms with Gasteiger partial charge >= 0.3 is 0 Å². The molecule has 5 heteroatoms. The van der Waals surface area contributed by atoms with Gasteiger partial charge in [0.25, 0.3) is 0 Å². The lowest BCUT2D eigenvalue weighted by Gasteiger charge is -2.14. The van der Waals surface area contributed by atoms with Crippen LogP contribution in [0.25, 0.3) is 11.4 Å². The van der Waals surface area contributed by atoms with E-state index in [4.69, 9.17) is 11.6 Å². The molecule has 0 bridgehead atoms. The van der Waals surface area contributed by atoms with Gasteiger partial charge in [-0.05, 0) is 42.3 Å². The summed E-state index contributed by atoms with van der Waals surface area (Å²) in [6.45, 7) is 6.27. The Balaban J connectivity index is 2.64. The third-order valence-electron chi connectivity index (χ3n) is 2.84. The normalized spacial score (nSPS) is 11.2. The fraction of sp³-hybridized carbons (Fsp3) is 0.385. The molecule has 3 nitrogen and oxygen atoms in total. The topological polar surface area (TPSA) is 30.7 Å². The number of hydrogen-bond acceptors (Lipinski definition) is 2. The molecule has 1 aromatic carbocycles. The second-order valence-electron chi connectivity index (χ2n) is 4.47. The Kier molecular flexibility index (Phi) is 4.07. The molecule has 0 amide bonds. The molecule has 0 saturated carbocycles. The van der Waals surface area contributed by atoms with E-state index in [-0.39, 0.29) is 6.04 Å². The Labute approximate surface area is 120 Å². The van der Waals surface area contributed by atoms with Crippen LogP contribution in [-0.4, -0.2) is 14.8 Å². The molecule has 0 unspecified atom stereocenters. The summed E-state index contributed by atoms with van der Waals surface area (Å²) < 4.78 is 3.13. The second-order valence-corrected chi connectivity index (χ2v) is 5.53. The van der Waals surface area contributed by atoms with Crippen LogP contribution in [0.5, 0.6) is 0 Å². The van der Waals surface area contributed by atoms with E-state index in [1.54, 1.807) is 0 Å². The monoisotopic (exact) mass is 327 g/mol. The van der Waals surface area contributed by atoms with Gasteiger partial charge in [0.15, 0.2) is 5.82 Å². The number of hydrogen-bond donors (Lipinski definition) is 0. The van der Waals surface area contributed by atoms with Crippen molar-refractivity contribution in [1.29, 1.82) is 0 Å². The molecule has 0 spiro atoms. The molecule has 1 heterocycles. The van der Waals surface area contributed by atoms with Crippen LogP contribution in [0.15, 0.2) is 22.7 Å². The smallest absolute Gasteiger partial charge is 0.165 e. The average Bonchev–Trinajstić information content (AvgIpc) is 2.76. The van der Waals surface area contributed by atoms with Crippen molar-refractivity contribution >= 4 is 27.5 Å². The van der Waals surface area contributed by atoms with Gasteiger partial charge in [0.2, 0.25) is 0 Å². The minimum atomic E-state index is 0.274. The predicted octanol–water partition coefficient (Wildman–Crippen LogP) is 4.34. The number of halogens is 2. The van der Waals surface area contributed by atoms with E-state index in [2.05, 4.69) is 57.5 Å². The fourth-order valence-electron chi connectivity index (χ4n) is 1.96. The number of benzene rings is 1. The highest BCUT2D eigenvalue weighted by Gasteiger charge is 2.17. The third-order valence-corrected chi connectivity index (χ3v) is 4.13. The molecule has 0 radical (unpaired) electrons. The third kappa shape index (κ3) is 2.31. The van der Waals surface area contributed by atoms with Crippen LogP contribution >= 0.6 is 27.5 Å². The second kappa shape index (κ2) is 5.41. The number of alkyl halides is 1. The summed E-state index contributed by atoms with van der Waals surface area (Å²) in [6.07, 6.45) is 0. The molecular weight excluding hydrogens is 314 g/mol. The molecule has 0 N–H and O–H groups in total. The minimum absolute atomic E-state index is 0.274. The number of nitrogens with zero attached hydrogens (tertiary/aromatic N) is 3. The van der Waals surface area contributed by atoms with Gasteiger partial charge in [0.05, 0.1) is 5.88 Å². The zero-order valence-electron chi connectivity index (χ0n) is 10.6. The summed E-state index contributed by atoms with van der Waals surface area (Å²) >= 11 is 9.53. The predicted molar refractivity (Wildman–Crippen MR) is 77.8 cm³/mol. The van der Waals surface area contributed by atoms with Crippen molar-refractivity contribution in [1.82, 2.24) is 14.8 Å². The van der Waals surface area contributed by atoms with Gasteiger partial charge in [-0.25, -0.2) is 0 Å². The van der Waals surface area contributed by atoms with E-state index < -0.39 is 0 Å². The number of aryl methyl sites for hydroxylation is 1.